The Morgan fingerprint density at radius 2 is 1.62 bits per heavy atom. The normalized spacial score (nSPS) is 13.9. The predicted molar refractivity (Wildman–Crippen MR) is 111 cm³/mol. The first kappa shape index (κ1) is 20.3. The summed E-state index contributed by atoms with van der Waals surface area (Å²) in [5.41, 5.74) is 3.26. The van der Waals surface area contributed by atoms with Gasteiger partial charge in [0.05, 0.1) is 4.92 Å². The minimum absolute atomic E-state index is 0.00226. The summed E-state index contributed by atoms with van der Waals surface area (Å²) in [6.07, 6.45) is 0. The first-order valence-electron chi connectivity index (χ1n) is 9.43. The molecule has 2 aromatic carbocycles. The maximum absolute atomic E-state index is 12.6. The number of amides is 2. The number of hydrogen-bond donors (Lipinski definition) is 1. The van der Waals surface area contributed by atoms with Crippen molar-refractivity contribution in [3.05, 3.63) is 63.2 Å². The van der Waals surface area contributed by atoms with Crippen LogP contribution >= 0.6 is 0 Å². The molecule has 1 saturated heterocycles. The van der Waals surface area contributed by atoms with E-state index in [4.69, 9.17) is 0 Å². The summed E-state index contributed by atoms with van der Waals surface area (Å²) in [7, 11) is 0. The fraction of sp³-hybridized carbons (Fsp3) is 0.333. The van der Waals surface area contributed by atoms with Crippen LogP contribution < -0.4 is 10.2 Å². The van der Waals surface area contributed by atoms with Crippen LogP contribution in [0.1, 0.15) is 28.4 Å². The molecule has 2 amide bonds. The number of piperazine rings is 1. The third kappa shape index (κ3) is 4.71. The van der Waals surface area contributed by atoms with Gasteiger partial charge < -0.3 is 15.1 Å². The highest BCUT2D eigenvalue weighted by Crippen LogP contribution is 2.30. The van der Waals surface area contributed by atoms with Gasteiger partial charge >= 0.3 is 0 Å². The summed E-state index contributed by atoms with van der Waals surface area (Å²) in [6, 6.07) is 10.2. The van der Waals surface area contributed by atoms with Crippen LogP contribution in [-0.4, -0.2) is 47.8 Å². The van der Waals surface area contributed by atoms with Gasteiger partial charge in [0.1, 0.15) is 5.69 Å². The Bertz CT molecular complexity index is 945. The Hall–Kier alpha value is -3.42. The SMILES string of the molecule is CC(=O)N1CCN(c2ccc(C(=O)Nc3cc(C)cc(C)c3)cc2[N+](=O)[O-])CC1. The third-order valence-corrected chi connectivity index (χ3v) is 4.98. The quantitative estimate of drug-likeness (QED) is 0.633. The maximum Gasteiger partial charge on any atom is 0.293 e. The zero-order chi connectivity index (χ0) is 21.1. The molecule has 0 aliphatic carbocycles. The van der Waals surface area contributed by atoms with Crippen molar-refractivity contribution in [3.63, 3.8) is 0 Å². The largest absolute Gasteiger partial charge is 0.362 e. The monoisotopic (exact) mass is 396 g/mol. The first-order chi connectivity index (χ1) is 13.7. The second-order valence-corrected chi connectivity index (χ2v) is 7.28. The molecule has 0 aromatic heterocycles. The van der Waals surface area contributed by atoms with Gasteiger partial charge in [-0.3, -0.25) is 19.7 Å². The van der Waals surface area contributed by atoms with E-state index in [0.717, 1.165) is 11.1 Å². The molecule has 0 bridgehead atoms. The highest BCUT2D eigenvalue weighted by Gasteiger charge is 2.26. The number of nitrogens with one attached hydrogen (secondary N) is 1. The zero-order valence-corrected chi connectivity index (χ0v) is 16.8. The standard InChI is InChI=1S/C21H24N4O4/c1-14-10-15(2)12-18(11-14)22-21(27)17-4-5-19(20(13-17)25(28)29)24-8-6-23(7-9-24)16(3)26/h4-5,10-13H,6-9H2,1-3H3,(H,22,27). The van der Waals surface area contributed by atoms with Crippen molar-refractivity contribution in [2.24, 2.45) is 0 Å². The van der Waals surface area contributed by atoms with Gasteiger partial charge in [0.25, 0.3) is 11.6 Å². The summed E-state index contributed by atoms with van der Waals surface area (Å²) >= 11 is 0. The molecule has 1 N–H and O–H groups in total. The van der Waals surface area contributed by atoms with Crippen molar-refractivity contribution in [3.8, 4) is 0 Å². The molecule has 0 spiro atoms. The number of rotatable bonds is 4. The van der Waals surface area contributed by atoms with E-state index in [1.165, 1.54) is 13.0 Å². The van der Waals surface area contributed by atoms with Gasteiger partial charge in [0, 0.05) is 50.4 Å². The minimum atomic E-state index is -0.472. The lowest BCUT2D eigenvalue weighted by Gasteiger charge is -2.35. The molecule has 1 aliphatic heterocycles. The van der Waals surface area contributed by atoms with E-state index >= 15 is 0 Å². The molecule has 1 fully saturated rings. The number of anilines is 2. The summed E-state index contributed by atoms with van der Waals surface area (Å²) in [6.45, 7) is 7.44. The number of nitro groups is 1. The molecule has 29 heavy (non-hydrogen) atoms. The van der Waals surface area contributed by atoms with Gasteiger partial charge in [-0.25, -0.2) is 0 Å². The third-order valence-electron chi connectivity index (χ3n) is 4.98. The number of hydrogen-bond acceptors (Lipinski definition) is 5. The fourth-order valence-electron chi connectivity index (χ4n) is 3.59. The first-order valence-corrected chi connectivity index (χ1v) is 9.43. The average molecular weight is 396 g/mol. The van der Waals surface area contributed by atoms with Crippen LogP contribution in [-0.2, 0) is 4.79 Å². The van der Waals surface area contributed by atoms with E-state index < -0.39 is 10.8 Å². The van der Waals surface area contributed by atoms with Crippen molar-refractivity contribution in [1.82, 2.24) is 4.90 Å². The number of aryl methyl sites for hydroxylation is 2. The summed E-state index contributed by atoms with van der Waals surface area (Å²) in [5.74, 6) is -0.399. The Morgan fingerprint density at radius 3 is 2.17 bits per heavy atom. The molecule has 0 radical (unpaired) electrons. The van der Waals surface area contributed by atoms with Crippen molar-refractivity contribution in [1.29, 1.82) is 0 Å². The number of benzene rings is 2. The Labute approximate surface area is 169 Å². The highest BCUT2D eigenvalue weighted by molar-refractivity contribution is 6.05. The van der Waals surface area contributed by atoms with E-state index in [1.54, 1.807) is 17.0 Å². The topological polar surface area (TPSA) is 95.8 Å². The van der Waals surface area contributed by atoms with E-state index in [2.05, 4.69) is 5.32 Å². The zero-order valence-electron chi connectivity index (χ0n) is 16.8. The van der Waals surface area contributed by atoms with E-state index in [-0.39, 0.29) is 17.2 Å². The summed E-state index contributed by atoms with van der Waals surface area (Å²) in [5, 5.41) is 14.4. The van der Waals surface area contributed by atoms with Crippen molar-refractivity contribution >= 4 is 28.9 Å². The lowest BCUT2D eigenvalue weighted by Crippen LogP contribution is -2.48. The number of carbonyl (C=O) groups excluding carboxylic acids is 2. The molecule has 1 aliphatic rings. The van der Waals surface area contributed by atoms with Crippen LogP contribution in [0.3, 0.4) is 0 Å². The second-order valence-electron chi connectivity index (χ2n) is 7.28. The van der Waals surface area contributed by atoms with Crippen molar-refractivity contribution in [2.75, 3.05) is 36.4 Å². The van der Waals surface area contributed by atoms with E-state index in [0.29, 0.717) is 37.6 Å². The van der Waals surface area contributed by atoms with Crippen molar-refractivity contribution < 1.29 is 14.5 Å². The molecule has 0 unspecified atom stereocenters. The highest BCUT2D eigenvalue weighted by atomic mass is 16.6. The van der Waals surface area contributed by atoms with Crippen LogP contribution in [0.5, 0.6) is 0 Å². The average Bonchev–Trinajstić information content (AvgIpc) is 2.66. The van der Waals surface area contributed by atoms with Crippen LogP contribution in [0.2, 0.25) is 0 Å². The van der Waals surface area contributed by atoms with Gasteiger partial charge in [0.15, 0.2) is 0 Å². The van der Waals surface area contributed by atoms with Crippen LogP contribution in [0, 0.1) is 24.0 Å². The Morgan fingerprint density at radius 1 is 1.00 bits per heavy atom. The number of carbonyl (C=O) groups is 2. The van der Waals surface area contributed by atoms with Crippen LogP contribution in [0.15, 0.2) is 36.4 Å². The van der Waals surface area contributed by atoms with Gasteiger partial charge in [-0.2, -0.15) is 0 Å². The Kier molecular flexibility index (Phi) is 5.81. The second kappa shape index (κ2) is 8.30. The smallest absolute Gasteiger partial charge is 0.293 e. The predicted octanol–water partition coefficient (Wildman–Crippen LogP) is 3.13. The molecule has 8 heteroatoms. The van der Waals surface area contributed by atoms with Crippen LogP contribution in [0.25, 0.3) is 0 Å². The van der Waals surface area contributed by atoms with Crippen LogP contribution in [0.4, 0.5) is 17.1 Å². The Balaban J connectivity index is 1.81. The summed E-state index contributed by atoms with van der Waals surface area (Å²) in [4.78, 5) is 38.9. The van der Waals surface area contributed by atoms with Gasteiger partial charge in [-0.15, -0.1) is 0 Å². The molecule has 152 valence electrons. The fourth-order valence-corrected chi connectivity index (χ4v) is 3.59. The van der Waals surface area contributed by atoms with E-state index in [9.17, 15) is 19.7 Å². The molecule has 2 aromatic rings. The van der Waals surface area contributed by atoms with Crippen molar-refractivity contribution in [2.45, 2.75) is 20.8 Å². The van der Waals surface area contributed by atoms with Gasteiger partial charge in [-0.05, 0) is 49.2 Å². The molecule has 1 heterocycles. The van der Waals surface area contributed by atoms with E-state index in [1.807, 2.05) is 36.9 Å². The molecule has 0 atom stereocenters. The molecular weight excluding hydrogens is 372 g/mol. The molecular formula is C21H24N4O4. The molecule has 3 rings (SSSR count). The lowest BCUT2D eigenvalue weighted by atomic mass is 10.1. The molecule has 0 saturated carbocycles. The number of nitro benzene ring substituents is 1. The van der Waals surface area contributed by atoms with Gasteiger partial charge in [0.2, 0.25) is 5.91 Å². The molecule has 8 nitrogen and oxygen atoms in total. The maximum atomic E-state index is 12.6. The lowest BCUT2D eigenvalue weighted by molar-refractivity contribution is -0.384. The van der Waals surface area contributed by atoms with Gasteiger partial charge in [-0.1, -0.05) is 6.07 Å². The summed E-state index contributed by atoms with van der Waals surface area (Å²) < 4.78 is 0. The number of nitrogens with zero attached hydrogens (tertiary/aromatic N) is 3. The minimum Gasteiger partial charge on any atom is -0.362 e.